The van der Waals surface area contributed by atoms with E-state index in [4.69, 9.17) is 9.47 Å². The molecule has 1 spiro atoms. The van der Waals surface area contributed by atoms with Crippen molar-refractivity contribution in [2.75, 3.05) is 19.8 Å². The molecule has 0 bridgehead atoms. The van der Waals surface area contributed by atoms with Gasteiger partial charge in [-0.2, -0.15) is 0 Å². The standard InChI is InChI=1S/C6H10O2.C3H8.C2H6/c1-2-6(8-3-1)4-7-5-6;1-3-2;1-2/h1-5H2;3H2,1-2H3;1-2H3. The molecular weight excluding hydrogens is 164 g/mol. The highest BCUT2D eigenvalue weighted by Crippen LogP contribution is 2.32. The van der Waals surface area contributed by atoms with Crippen molar-refractivity contribution in [3.05, 3.63) is 0 Å². The maximum absolute atomic E-state index is 5.45. The second kappa shape index (κ2) is 7.34. The van der Waals surface area contributed by atoms with Crippen LogP contribution in [0.15, 0.2) is 0 Å². The molecule has 0 aromatic heterocycles. The lowest BCUT2D eigenvalue weighted by atomic mass is 9.99. The molecule has 0 N–H and O–H groups in total. The van der Waals surface area contributed by atoms with Gasteiger partial charge in [0.05, 0.1) is 13.2 Å². The van der Waals surface area contributed by atoms with Crippen LogP contribution < -0.4 is 0 Å². The molecule has 2 aliphatic rings. The van der Waals surface area contributed by atoms with Crippen LogP contribution in [0.3, 0.4) is 0 Å². The lowest BCUT2D eigenvalue weighted by Gasteiger charge is -2.36. The van der Waals surface area contributed by atoms with Gasteiger partial charge in [-0.05, 0) is 12.8 Å². The van der Waals surface area contributed by atoms with Gasteiger partial charge in [0.2, 0.25) is 0 Å². The molecule has 0 aromatic carbocycles. The first-order valence-electron chi connectivity index (χ1n) is 5.55. The number of hydrogen-bond donors (Lipinski definition) is 0. The Balaban J connectivity index is 0.000000251. The van der Waals surface area contributed by atoms with Gasteiger partial charge >= 0.3 is 0 Å². The van der Waals surface area contributed by atoms with Gasteiger partial charge in [-0.25, -0.2) is 0 Å². The van der Waals surface area contributed by atoms with Gasteiger partial charge < -0.3 is 9.47 Å². The van der Waals surface area contributed by atoms with Gasteiger partial charge in [0, 0.05) is 6.61 Å². The minimum absolute atomic E-state index is 0.194. The number of ether oxygens (including phenoxy) is 2. The average molecular weight is 188 g/mol. The van der Waals surface area contributed by atoms with Gasteiger partial charge in [0.1, 0.15) is 5.60 Å². The monoisotopic (exact) mass is 188 g/mol. The van der Waals surface area contributed by atoms with Crippen LogP contribution in [0.25, 0.3) is 0 Å². The molecule has 0 amide bonds. The van der Waals surface area contributed by atoms with Gasteiger partial charge in [-0.1, -0.05) is 34.1 Å². The summed E-state index contributed by atoms with van der Waals surface area (Å²) in [6, 6.07) is 0. The van der Waals surface area contributed by atoms with E-state index in [2.05, 4.69) is 13.8 Å². The predicted molar refractivity (Wildman–Crippen MR) is 56.0 cm³/mol. The topological polar surface area (TPSA) is 18.5 Å². The molecule has 0 atom stereocenters. The molecule has 0 aliphatic carbocycles. The van der Waals surface area contributed by atoms with E-state index >= 15 is 0 Å². The van der Waals surface area contributed by atoms with Crippen LogP contribution in [0, 0.1) is 0 Å². The fourth-order valence-electron chi connectivity index (χ4n) is 1.31. The Bertz CT molecular complexity index is 101. The number of rotatable bonds is 0. The van der Waals surface area contributed by atoms with E-state index in [1.54, 1.807) is 0 Å². The van der Waals surface area contributed by atoms with Crippen LogP contribution in [0.5, 0.6) is 0 Å². The summed E-state index contributed by atoms with van der Waals surface area (Å²) >= 11 is 0. The summed E-state index contributed by atoms with van der Waals surface area (Å²) in [5.41, 5.74) is 0.194. The molecule has 2 heteroatoms. The zero-order chi connectivity index (χ0) is 10.2. The Morgan fingerprint density at radius 3 is 1.85 bits per heavy atom. The summed E-state index contributed by atoms with van der Waals surface area (Å²) in [5.74, 6) is 0. The minimum atomic E-state index is 0.194. The fraction of sp³-hybridized carbons (Fsp3) is 1.00. The van der Waals surface area contributed by atoms with E-state index < -0.39 is 0 Å². The maximum Gasteiger partial charge on any atom is 0.115 e. The molecule has 0 aromatic rings. The molecular formula is C11H24O2. The maximum atomic E-state index is 5.45. The first-order chi connectivity index (χ1) is 6.33. The normalized spacial score (nSPS) is 22.2. The SMILES string of the molecule is C1COC2(C1)COC2.CC.CCC. The number of hydrogen-bond acceptors (Lipinski definition) is 2. The van der Waals surface area contributed by atoms with Crippen molar-refractivity contribution < 1.29 is 9.47 Å². The lowest BCUT2D eigenvalue weighted by molar-refractivity contribution is -0.184. The van der Waals surface area contributed by atoms with Gasteiger partial charge in [-0.3, -0.25) is 0 Å². The van der Waals surface area contributed by atoms with E-state index in [-0.39, 0.29) is 5.60 Å². The van der Waals surface area contributed by atoms with Crippen molar-refractivity contribution in [2.24, 2.45) is 0 Å². The Morgan fingerprint density at radius 2 is 1.69 bits per heavy atom. The highest BCUT2D eigenvalue weighted by atomic mass is 16.6. The Morgan fingerprint density at radius 1 is 1.15 bits per heavy atom. The Kier molecular flexibility index (Phi) is 7.29. The van der Waals surface area contributed by atoms with E-state index in [1.807, 2.05) is 13.8 Å². The van der Waals surface area contributed by atoms with Crippen molar-refractivity contribution >= 4 is 0 Å². The third kappa shape index (κ3) is 4.10. The van der Waals surface area contributed by atoms with Crippen molar-refractivity contribution in [3.63, 3.8) is 0 Å². The molecule has 0 unspecified atom stereocenters. The van der Waals surface area contributed by atoms with Crippen LogP contribution in [-0.4, -0.2) is 25.4 Å². The predicted octanol–water partition coefficient (Wildman–Crippen LogP) is 3.01. The molecule has 2 saturated heterocycles. The summed E-state index contributed by atoms with van der Waals surface area (Å²) in [5, 5.41) is 0. The molecule has 0 radical (unpaired) electrons. The quantitative estimate of drug-likeness (QED) is 0.582. The van der Waals surface area contributed by atoms with Crippen molar-refractivity contribution in [3.8, 4) is 0 Å². The molecule has 0 saturated carbocycles. The van der Waals surface area contributed by atoms with E-state index in [9.17, 15) is 0 Å². The van der Waals surface area contributed by atoms with Crippen LogP contribution in [0.2, 0.25) is 0 Å². The van der Waals surface area contributed by atoms with Crippen LogP contribution in [0.1, 0.15) is 47.0 Å². The van der Waals surface area contributed by atoms with E-state index in [0.29, 0.717) is 0 Å². The molecule has 2 heterocycles. The first-order valence-corrected chi connectivity index (χ1v) is 5.55. The van der Waals surface area contributed by atoms with Crippen LogP contribution in [0.4, 0.5) is 0 Å². The Hall–Kier alpha value is -0.0800. The third-order valence-electron chi connectivity index (χ3n) is 1.92. The minimum Gasteiger partial charge on any atom is -0.375 e. The first kappa shape index (κ1) is 12.9. The summed E-state index contributed by atoms with van der Waals surface area (Å²) < 4.78 is 10.5. The van der Waals surface area contributed by atoms with E-state index in [0.717, 1.165) is 19.8 Å². The fourth-order valence-corrected chi connectivity index (χ4v) is 1.31. The summed E-state index contributed by atoms with van der Waals surface area (Å²) in [4.78, 5) is 0. The second-order valence-corrected chi connectivity index (χ2v) is 3.33. The van der Waals surface area contributed by atoms with Gasteiger partial charge in [0.25, 0.3) is 0 Å². The molecule has 2 nitrogen and oxygen atoms in total. The van der Waals surface area contributed by atoms with E-state index in [1.165, 1.54) is 19.3 Å². The second-order valence-electron chi connectivity index (χ2n) is 3.33. The van der Waals surface area contributed by atoms with Gasteiger partial charge in [0.15, 0.2) is 0 Å². The van der Waals surface area contributed by atoms with Crippen LogP contribution in [-0.2, 0) is 9.47 Å². The zero-order valence-electron chi connectivity index (χ0n) is 9.56. The average Bonchev–Trinajstić information content (AvgIpc) is 2.56. The van der Waals surface area contributed by atoms with Crippen molar-refractivity contribution in [1.29, 1.82) is 0 Å². The summed E-state index contributed by atoms with van der Waals surface area (Å²) in [7, 11) is 0. The zero-order valence-corrected chi connectivity index (χ0v) is 9.56. The van der Waals surface area contributed by atoms with Crippen molar-refractivity contribution in [2.45, 2.75) is 52.6 Å². The smallest absolute Gasteiger partial charge is 0.115 e. The molecule has 80 valence electrons. The molecule has 2 aliphatic heterocycles. The Labute approximate surface area is 82.6 Å². The van der Waals surface area contributed by atoms with Gasteiger partial charge in [-0.15, -0.1) is 0 Å². The largest absolute Gasteiger partial charge is 0.375 e. The molecule has 2 fully saturated rings. The molecule has 2 rings (SSSR count). The highest BCUT2D eigenvalue weighted by Gasteiger charge is 2.42. The van der Waals surface area contributed by atoms with Crippen molar-refractivity contribution in [1.82, 2.24) is 0 Å². The molecule has 13 heavy (non-hydrogen) atoms. The summed E-state index contributed by atoms with van der Waals surface area (Å²) in [6.07, 6.45) is 3.69. The lowest BCUT2D eigenvalue weighted by Crippen LogP contribution is -2.48. The highest BCUT2D eigenvalue weighted by molar-refractivity contribution is 4.90. The van der Waals surface area contributed by atoms with Crippen LogP contribution >= 0.6 is 0 Å². The summed E-state index contributed by atoms with van der Waals surface area (Å²) in [6.45, 7) is 10.9. The third-order valence-corrected chi connectivity index (χ3v) is 1.92.